The first kappa shape index (κ1) is 17.2. The molecule has 0 radical (unpaired) electrons. The minimum absolute atomic E-state index is 0.189. The Balaban J connectivity index is 1.91. The van der Waals surface area contributed by atoms with E-state index in [1.54, 1.807) is 24.3 Å². The smallest absolute Gasteiger partial charge is 0.217 e. The Morgan fingerprint density at radius 2 is 1.92 bits per heavy atom. The van der Waals surface area contributed by atoms with Crippen LogP contribution < -0.4 is 0 Å². The maximum atomic E-state index is 12.7. The molecule has 1 aliphatic heterocycles. The van der Waals surface area contributed by atoms with E-state index in [1.165, 1.54) is 5.56 Å². The van der Waals surface area contributed by atoms with E-state index in [2.05, 4.69) is 41.2 Å². The second kappa shape index (κ2) is 6.69. The molecule has 1 unspecified atom stereocenters. The molecule has 1 aromatic heterocycles. The van der Waals surface area contributed by atoms with Crippen molar-refractivity contribution in [1.29, 1.82) is 0 Å². The minimum atomic E-state index is -3.28. The van der Waals surface area contributed by atoms with E-state index in [4.69, 9.17) is 0 Å². The Hall–Kier alpha value is -1.66. The summed E-state index contributed by atoms with van der Waals surface area (Å²) >= 11 is 0. The van der Waals surface area contributed by atoms with E-state index in [0.29, 0.717) is 6.54 Å². The van der Waals surface area contributed by atoms with E-state index < -0.39 is 15.3 Å². The molecular formula is C18H25N3O2S. The lowest BCUT2D eigenvalue weighted by atomic mass is 10.0. The zero-order valence-electron chi connectivity index (χ0n) is 14.5. The number of nitrogens with zero attached hydrogens (tertiary/aromatic N) is 2. The van der Waals surface area contributed by atoms with Crippen LogP contribution in [0.3, 0.4) is 0 Å². The first-order valence-corrected chi connectivity index (χ1v) is 10.0. The predicted octanol–water partition coefficient (Wildman–Crippen LogP) is 3.65. The molecule has 1 aliphatic rings. The highest BCUT2D eigenvalue weighted by Crippen LogP contribution is 2.33. The number of benzene rings is 1. The molecule has 1 aromatic carbocycles. The number of piperidine rings is 1. The van der Waals surface area contributed by atoms with Gasteiger partial charge in [-0.15, -0.1) is 0 Å². The first-order valence-electron chi connectivity index (χ1n) is 8.52. The lowest BCUT2D eigenvalue weighted by Gasteiger charge is -2.34. The van der Waals surface area contributed by atoms with Gasteiger partial charge in [0.05, 0.1) is 23.2 Å². The van der Waals surface area contributed by atoms with Gasteiger partial charge in [0.25, 0.3) is 0 Å². The Bertz CT molecular complexity index is 794. The fourth-order valence-electron chi connectivity index (χ4n) is 3.14. The highest BCUT2D eigenvalue weighted by Gasteiger charge is 2.36. The molecule has 2 heterocycles. The zero-order chi connectivity index (χ0) is 17.3. The molecule has 24 heavy (non-hydrogen) atoms. The van der Waals surface area contributed by atoms with Crippen molar-refractivity contribution < 1.29 is 8.42 Å². The largest absolute Gasteiger partial charge is 0.341 e. The summed E-state index contributed by atoms with van der Waals surface area (Å²) in [6, 6.07) is 8.04. The monoisotopic (exact) mass is 347 g/mol. The summed E-state index contributed by atoms with van der Waals surface area (Å²) in [5.41, 5.74) is 3.20. The van der Waals surface area contributed by atoms with Crippen molar-refractivity contribution in [2.75, 3.05) is 6.54 Å². The molecule has 0 aliphatic carbocycles. The summed E-state index contributed by atoms with van der Waals surface area (Å²) in [6.45, 7) is 6.10. The van der Waals surface area contributed by atoms with Crippen molar-refractivity contribution in [3.8, 4) is 11.3 Å². The molecule has 1 N–H and O–H groups in total. The summed E-state index contributed by atoms with van der Waals surface area (Å²) in [5.74, 6) is 0.745. The molecule has 2 aromatic rings. The van der Waals surface area contributed by atoms with Gasteiger partial charge < -0.3 is 4.98 Å². The van der Waals surface area contributed by atoms with Crippen LogP contribution in [0, 0.1) is 6.92 Å². The number of rotatable bonds is 4. The Morgan fingerprint density at radius 3 is 2.58 bits per heavy atom. The number of sulfonamides is 1. The number of aromatic amines is 1. The summed E-state index contributed by atoms with van der Waals surface area (Å²) in [6.07, 6.45) is 4.55. The number of nitrogens with one attached hydrogen (secondary N) is 1. The van der Waals surface area contributed by atoms with Crippen molar-refractivity contribution in [2.45, 2.75) is 51.3 Å². The molecule has 1 atom stereocenters. The third-order valence-corrected chi connectivity index (χ3v) is 6.93. The van der Waals surface area contributed by atoms with E-state index >= 15 is 0 Å². The average molecular weight is 347 g/mol. The van der Waals surface area contributed by atoms with Crippen molar-refractivity contribution in [3.63, 3.8) is 0 Å². The highest BCUT2D eigenvalue weighted by atomic mass is 32.2. The summed E-state index contributed by atoms with van der Waals surface area (Å²) in [7, 11) is -3.28. The number of H-pyrrole nitrogens is 1. The number of aryl methyl sites for hydroxylation is 1. The molecule has 0 bridgehead atoms. The van der Waals surface area contributed by atoms with Gasteiger partial charge in [0.1, 0.15) is 5.82 Å². The van der Waals surface area contributed by atoms with E-state index in [9.17, 15) is 8.42 Å². The third kappa shape index (κ3) is 3.26. The van der Waals surface area contributed by atoms with Gasteiger partial charge in [-0.05, 0) is 39.2 Å². The summed E-state index contributed by atoms with van der Waals surface area (Å²) in [5, 5.41) is -0.412. The van der Waals surface area contributed by atoms with Crippen LogP contribution in [-0.4, -0.2) is 34.5 Å². The Kier molecular flexibility index (Phi) is 4.78. The molecule has 0 saturated carbocycles. The standard InChI is InChI=1S/C18H25N3O2S/c1-13(2)24(22,23)21-11-5-4-6-17(21)18-19-12-16(20-18)15-9-7-14(3)8-10-15/h7-10,12-13,17H,4-6,11H2,1-3H3,(H,19,20). The van der Waals surface area contributed by atoms with Gasteiger partial charge in [0, 0.05) is 6.54 Å². The van der Waals surface area contributed by atoms with Crippen LogP contribution in [0.15, 0.2) is 30.5 Å². The van der Waals surface area contributed by atoms with Gasteiger partial charge in [0.2, 0.25) is 10.0 Å². The minimum Gasteiger partial charge on any atom is -0.341 e. The topological polar surface area (TPSA) is 66.1 Å². The van der Waals surface area contributed by atoms with Crippen LogP contribution >= 0.6 is 0 Å². The van der Waals surface area contributed by atoms with Gasteiger partial charge in [-0.2, -0.15) is 4.31 Å². The second-order valence-corrected chi connectivity index (χ2v) is 9.21. The van der Waals surface area contributed by atoms with Crippen molar-refractivity contribution in [2.24, 2.45) is 0 Å². The fourth-order valence-corrected chi connectivity index (χ4v) is 4.62. The van der Waals surface area contributed by atoms with Crippen LogP contribution in [0.1, 0.15) is 50.5 Å². The average Bonchev–Trinajstić information content (AvgIpc) is 3.05. The zero-order valence-corrected chi connectivity index (χ0v) is 15.3. The third-order valence-electron chi connectivity index (χ3n) is 4.65. The van der Waals surface area contributed by atoms with E-state index in [1.807, 2.05) is 0 Å². The lowest BCUT2D eigenvalue weighted by Crippen LogP contribution is -2.42. The summed E-state index contributed by atoms with van der Waals surface area (Å²) < 4.78 is 27.0. The quantitative estimate of drug-likeness (QED) is 0.918. The van der Waals surface area contributed by atoms with Crippen LogP contribution in [0.4, 0.5) is 0 Å². The van der Waals surface area contributed by atoms with Crippen molar-refractivity contribution >= 4 is 10.0 Å². The molecule has 3 rings (SSSR count). The fraction of sp³-hybridized carbons (Fsp3) is 0.500. The summed E-state index contributed by atoms with van der Waals surface area (Å²) in [4.78, 5) is 7.84. The normalized spacial score (nSPS) is 19.8. The lowest BCUT2D eigenvalue weighted by molar-refractivity contribution is 0.246. The van der Waals surface area contributed by atoms with Crippen molar-refractivity contribution in [3.05, 3.63) is 41.9 Å². The molecule has 0 spiro atoms. The highest BCUT2D eigenvalue weighted by molar-refractivity contribution is 7.89. The Labute approximate surface area is 144 Å². The number of imidazole rings is 1. The first-order chi connectivity index (χ1) is 11.4. The van der Waals surface area contributed by atoms with Crippen molar-refractivity contribution in [1.82, 2.24) is 14.3 Å². The second-order valence-electron chi connectivity index (χ2n) is 6.76. The van der Waals surface area contributed by atoms with Gasteiger partial charge in [-0.25, -0.2) is 13.4 Å². The van der Waals surface area contributed by atoms with E-state index in [-0.39, 0.29) is 6.04 Å². The van der Waals surface area contributed by atoms with Crippen LogP contribution in [0.25, 0.3) is 11.3 Å². The maximum Gasteiger partial charge on any atom is 0.217 e. The molecule has 1 fully saturated rings. The molecule has 6 heteroatoms. The maximum absolute atomic E-state index is 12.7. The number of hydrogen-bond donors (Lipinski definition) is 1. The molecule has 1 saturated heterocycles. The van der Waals surface area contributed by atoms with E-state index in [0.717, 1.165) is 36.3 Å². The molecular weight excluding hydrogens is 322 g/mol. The SMILES string of the molecule is Cc1ccc(-c2cnc(C3CCCCN3S(=O)(=O)C(C)C)[nH]2)cc1. The van der Waals surface area contributed by atoms with Crippen LogP contribution in [0.2, 0.25) is 0 Å². The van der Waals surface area contributed by atoms with Gasteiger partial charge >= 0.3 is 0 Å². The number of aromatic nitrogens is 2. The number of hydrogen-bond acceptors (Lipinski definition) is 3. The van der Waals surface area contributed by atoms with Gasteiger partial charge in [0.15, 0.2) is 0 Å². The molecule has 0 amide bonds. The predicted molar refractivity (Wildman–Crippen MR) is 96.1 cm³/mol. The Morgan fingerprint density at radius 1 is 1.21 bits per heavy atom. The van der Waals surface area contributed by atoms with Crippen LogP contribution in [-0.2, 0) is 10.0 Å². The molecule has 130 valence electrons. The van der Waals surface area contributed by atoms with Gasteiger partial charge in [-0.1, -0.05) is 36.2 Å². The van der Waals surface area contributed by atoms with Gasteiger partial charge in [-0.3, -0.25) is 0 Å². The van der Waals surface area contributed by atoms with Crippen LogP contribution in [0.5, 0.6) is 0 Å². The molecule has 5 nitrogen and oxygen atoms in total.